The normalized spacial score (nSPS) is 16.5. The van der Waals surface area contributed by atoms with Gasteiger partial charge in [0, 0.05) is 147 Å². The van der Waals surface area contributed by atoms with Gasteiger partial charge in [-0.25, -0.2) is 0 Å². The number of hydrogen-bond acceptors (Lipinski definition) is 36. The van der Waals surface area contributed by atoms with Crippen LogP contribution in [0.3, 0.4) is 0 Å². The van der Waals surface area contributed by atoms with Crippen LogP contribution in [0.4, 0.5) is 0 Å². The van der Waals surface area contributed by atoms with Crippen LogP contribution in [-0.4, -0.2) is 330 Å². The summed E-state index contributed by atoms with van der Waals surface area (Å²) >= 11 is 10.0. The highest BCUT2D eigenvalue weighted by Gasteiger charge is 2.33. The summed E-state index contributed by atoms with van der Waals surface area (Å²) in [7, 11) is 9.82. The highest BCUT2D eigenvalue weighted by molar-refractivity contribution is 8.16. The quantitative estimate of drug-likeness (QED) is 0.0193. The van der Waals surface area contributed by atoms with E-state index >= 15 is 0 Å². The molecule has 6 N–H and O–H groups in total. The SMILES string of the molecule is C.COCCOCCOc1ccc(C2=NC(C)(C)CS2)c(O)c1.COCCOCCOc1ccc(C2=NC(C)(C)CS2)c(O)c1.COCCOCCOc1ccc(C2=NC(C)(C)CS2)c(O)c1.COCCOCCOc1ccc(C2=NC(C)(C)CS2)c(O)c1.COCCOCCOc1ccc(C2=NC(C)(C)CS2)c(O)c1.COCCOCCOc1ccc(C2=NC(C)(C)CS2)c(O)c1. The zero-order valence-electron chi connectivity index (χ0n) is 79.8. The third-order valence-corrected chi connectivity index (χ3v) is 27.2. The first-order chi connectivity index (χ1) is 63.1. The fraction of sp³-hybridized carbons (Fsp3) is 0.567. The summed E-state index contributed by atoms with van der Waals surface area (Å²) in [6.07, 6.45) is 0. The number of aromatic hydroxyl groups is 6. The Kier molecular flexibility index (Phi) is 51.3. The Bertz CT molecular complexity index is 3930. The Balaban J connectivity index is 0.000000245. The third kappa shape index (κ3) is 43.0. The Morgan fingerprint density at radius 1 is 0.211 bits per heavy atom. The lowest BCUT2D eigenvalue weighted by Gasteiger charge is -2.10. The smallest absolute Gasteiger partial charge is 0.129 e. The van der Waals surface area contributed by atoms with Crippen LogP contribution in [0.5, 0.6) is 69.0 Å². The third-order valence-electron chi connectivity index (χ3n) is 18.6. The molecule has 6 aromatic rings. The molecule has 0 spiro atoms. The topological polar surface area (TPSA) is 362 Å². The van der Waals surface area contributed by atoms with Crippen LogP contribution in [0.1, 0.15) is 124 Å². The van der Waals surface area contributed by atoms with E-state index in [4.69, 9.17) is 85.3 Å². The maximum absolute atomic E-state index is 10.2. The molecular weight excluding hydrogens is 1830 g/mol. The van der Waals surface area contributed by atoms with E-state index in [0.29, 0.717) is 193 Å². The van der Waals surface area contributed by atoms with Crippen LogP contribution in [0.15, 0.2) is 139 Å². The molecule has 0 bridgehead atoms. The maximum atomic E-state index is 10.2. The van der Waals surface area contributed by atoms with Gasteiger partial charge in [-0.05, 0) is 156 Å². The van der Waals surface area contributed by atoms with Crippen molar-refractivity contribution in [3.8, 4) is 69.0 Å². The summed E-state index contributed by atoms with van der Waals surface area (Å²) in [5.74, 6) is 10.5. The lowest BCUT2D eigenvalue weighted by atomic mass is 10.1. The van der Waals surface area contributed by atoms with Crippen LogP contribution in [0.25, 0.3) is 0 Å². The summed E-state index contributed by atoms with van der Waals surface area (Å²) in [4.78, 5) is 27.8. The minimum Gasteiger partial charge on any atom is -0.507 e. The number of ether oxygens (including phenoxy) is 18. The van der Waals surface area contributed by atoms with Gasteiger partial charge in [-0.15, -0.1) is 70.6 Å². The second-order valence-electron chi connectivity index (χ2n) is 33.9. The fourth-order valence-corrected chi connectivity index (χ4v) is 19.0. The summed E-state index contributed by atoms with van der Waals surface area (Å²) in [5, 5.41) is 66.4. The second kappa shape index (κ2) is 59.6. The van der Waals surface area contributed by atoms with Crippen LogP contribution in [0.2, 0.25) is 0 Å². The highest BCUT2D eigenvalue weighted by atomic mass is 32.2. The van der Waals surface area contributed by atoms with Gasteiger partial charge in [0.25, 0.3) is 0 Å². The Morgan fingerprint density at radius 2 is 0.338 bits per heavy atom. The number of phenols is 6. The molecule has 0 saturated carbocycles. The predicted octanol–water partition coefficient (Wildman–Crippen LogP) is 16.9. The van der Waals surface area contributed by atoms with Crippen molar-refractivity contribution in [3.63, 3.8) is 0 Å². The molecule has 740 valence electrons. The minimum absolute atomic E-state index is 0. The van der Waals surface area contributed by atoms with Gasteiger partial charge in [0.05, 0.1) is 152 Å². The molecule has 0 aromatic heterocycles. The molecule has 0 aliphatic carbocycles. The van der Waals surface area contributed by atoms with Gasteiger partial charge in [-0.3, -0.25) is 30.0 Å². The lowest BCUT2D eigenvalue weighted by molar-refractivity contribution is 0.0544. The van der Waals surface area contributed by atoms with E-state index in [2.05, 4.69) is 113 Å². The molecule has 0 radical (unpaired) electrons. The Labute approximate surface area is 812 Å². The number of methoxy groups -OCH3 is 6. The number of hydrogen-bond donors (Lipinski definition) is 6. The fourth-order valence-electron chi connectivity index (χ4n) is 11.8. The van der Waals surface area contributed by atoms with Crippen molar-refractivity contribution >= 4 is 101 Å². The van der Waals surface area contributed by atoms with Gasteiger partial charge >= 0.3 is 0 Å². The van der Waals surface area contributed by atoms with Crippen molar-refractivity contribution in [1.82, 2.24) is 0 Å². The van der Waals surface area contributed by atoms with E-state index in [1.165, 1.54) is 0 Å². The predicted molar refractivity (Wildman–Crippen MR) is 543 cm³/mol. The van der Waals surface area contributed by atoms with Crippen molar-refractivity contribution in [2.45, 2.75) is 124 Å². The van der Waals surface area contributed by atoms with E-state index in [1.54, 1.807) is 150 Å². The number of thioether (sulfide) groups is 6. The molecule has 6 aliphatic heterocycles. The van der Waals surface area contributed by atoms with E-state index in [0.717, 1.165) is 98.2 Å². The Morgan fingerprint density at radius 3 is 0.444 bits per heavy atom. The molecule has 0 fully saturated rings. The number of benzene rings is 6. The summed E-state index contributed by atoms with van der Waals surface area (Å²) in [6, 6.07) is 31.9. The van der Waals surface area contributed by atoms with Crippen molar-refractivity contribution in [1.29, 1.82) is 0 Å². The van der Waals surface area contributed by atoms with Crippen molar-refractivity contribution in [2.75, 3.05) is 236 Å². The van der Waals surface area contributed by atoms with Crippen LogP contribution in [0, 0.1) is 0 Å². The number of nitrogens with zero attached hydrogens (tertiary/aromatic N) is 6. The number of rotatable bonds is 48. The largest absolute Gasteiger partial charge is 0.507 e. The monoisotopic (exact) mass is 1970 g/mol. The second-order valence-corrected chi connectivity index (χ2v) is 39.7. The number of aliphatic imine (C=N–C) groups is 6. The van der Waals surface area contributed by atoms with E-state index in [9.17, 15) is 30.6 Å². The molecular formula is C97H142N6O24S6. The average molecular weight is 1970 g/mol. The molecule has 6 aromatic carbocycles. The first-order valence-corrected chi connectivity index (χ1v) is 49.5. The molecule has 36 heteroatoms. The van der Waals surface area contributed by atoms with Gasteiger partial charge in [-0.2, -0.15) is 0 Å². The minimum atomic E-state index is -0.0683. The Hall–Kier alpha value is -7.44. The molecule has 6 aliphatic rings. The van der Waals surface area contributed by atoms with Gasteiger partial charge < -0.3 is 116 Å². The molecule has 0 atom stereocenters. The molecule has 30 nitrogen and oxygen atoms in total. The first-order valence-electron chi connectivity index (χ1n) is 43.6. The van der Waals surface area contributed by atoms with Gasteiger partial charge in [-0.1, -0.05) is 7.43 Å². The molecule has 12 rings (SSSR count). The van der Waals surface area contributed by atoms with Crippen molar-refractivity contribution in [3.05, 3.63) is 143 Å². The average Bonchev–Trinajstić information content (AvgIpc) is 1.67. The molecule has 6 heterocycles. The van der Waals surface area contributed by atoms with Crippen LogP contribution < -0.4 is 28.4 Å². The van der Waals surface area contributed by atoms with E-state index in [1.807, 2.05) is 72.8 Å². The zero-order chi connectivity index (χ0) is 96.0. The highest BCUT2D eigenvalue weighted by Crippen LogP contribution is 2.42. The van der Waals surface area contributed by atoms with Gasteiger partial charge in [0.2, 0.25) is 0 Å². The van der Waals surface area contributed by atoms with Gasteiger partial charge in [0.15, 0.2) is 0 Å². The van der Waals surface area contributed by atoms with Crippen molar-refractivity contribution in [2.24, 2.45) is 30.0 Å². The molecule has 133 heavy (non-hydrogen) atoms. The van der Waals surface area contributed by atoms with E-state index < -0.39 is 0 Å². The molecule has 0 amide bonds. The van der Waals surface area contributed by atoms with Gasteiger partial charge in [0.1, 0.15) is 139 Å². The zero-order valence-corrected chi connectivity index (χ0v) is 84.7. The van der Waals surface area contributed by atoms with Crippen LogP contribution in [-0.2, 0) is 56.8 Å². The molecule has 0 saturated heterocycles. The van der Waals surface area contributed by atoms with Crippen molar-refractivity contribution < 1.29 is 116 Å². The van der Waals surface area contributed by atoms with E-state index in [-0.39, 0.29) is 75.2 Å². The van der Waals surface area contributed by atoms with Crippen LogP contribution >= 0.6 is 70.6 Å². The summed E-state index contributed by atoms with van der Waals surface area (Å²) < 4.78 is 94.6. The molecule has 0 unspecified atom stereocenters. The summed E-state index contributed by atoms with van der Waals surface area (Å²) in [5.41, 5.74) is 4.17. The first kappa shape index (κ1) is 114. The maximum Gasteiger partial charge on any atom is 0.129 e. The number of phenolic OH excluding ortho intramolecular Hbond substituents is 6. The summed E-state index contributed by atoms with van der Waals surface area (Å²) in [6.45, 7) is 37.4. The standard InChI is InChI=1S/6C16H23NO4S.CH4/c6*1-16(2)11-22-15(17-16)13-5-4-12(10-14(13)18)21-9-8-20-7-6-19-3;/h6*4-5,10,18H,6-9,11H2,1-3H3;1H4. The lowest BCUT2D eigenvalue weighted by Crippen LogP contribution is -2.15.